The van der Waals surface area contributed by atoms with Crippen molar-refractivity contribution in [3.05, 3.63) is 29.8 Å². The summed E-state index contributed by atoms with van der Waals surface area (Å²) in [5.74, 6) is 0.747. The third kappa shape index (κ3) is 2.83. The number of aryl methyl sites for hydroxylation is 1. The van der Waals surface area contributed by atoms with Crippen LogP contribution in [0, 0.1) is 5.82 Å². The largest absolute Gasteiger partial charge is 0.330 e. The molecule has 0 saturated carbocycles. The van der Waals surface area contributed by atoms with Gasteiger partial charge in [-0.15, -0.1) is 0 Å². The minimum atomic E-state index is -0.245. The zero-order valence-electron chi connectivity index (χ0n) is 12.4. The van der Waals surface area contributed by atoms with Gasteiger partial charge in [-0.05, 0) is 45.6 Å². The van der Waals surface area contributed by atoms with Gasteiger partial charge in [-0.2, -0.15) is 0 Å². The summed E-state index contributed by atoms with van der Waals surface area (Å²) < 4.78 is 15.6. The molecule has 4 nitrogen and oxygen atoms in total. The molecular weight excluding hydrogens is 255 g/mol. The van der Waals surface area contributed by atoms with Gasteiger partial charge in [-0.1, -0.05) is 6.92 Å². The summed E-state index contributed by atoms with van der Waals surface area (Å²) in [6.45, 7) is 3.59. The monoisotopic (exact) mass is 278 g/mol. The van der Waals surface area contributed by atoms with Gasteiger partial charge in [0.1, 0.15) is 11.6 Å². The Morgan fingerprint density at radius 3 is 2.75 bits per heavy atom. The Labute approximate surface area is 119 Å². The fourth-order valence-electron chi connectivity index (χ4n) is 2.64. The first kappa shape index (κ1) is 14.9. The maximum Gasteiger partial charge on any atom is 0.127 e. The second-order valence-corrected chi connectivity index (χ2v) is 5.28. The number of imidazole rings is 1. The third-order valence-corrected chi connectivity index (χ3v) is 3.63. The smallest absolute Gasteiger partial charge is 0.127 e. The van der Waals surface area contributed by atoms with Crippen molar-refractivity contribution in [1.29, 1.82) is 0 Å². The van der Waals surface area contributed by atoms with E-state index in [-0.39, 0.29) is 11.9 Å². The molecule has 0 saturated heterocycles. The fraction of sp³-hybridized carbons (Fsp3) is 0.533. The fourth-order valence-corrected chi connectivity index (χ4v) is 2.64. The first-order valence-electron chi connectivity index (χ1n) is 7.10. The van der Waals surface area contributed by atoms with Crippen LogP contribution in [0.5, 0.6) is 0 Å². The molecule has 0 aliphatic heterocycles. The van der Waals surface area contributed by atoms with Gasteiger partial charge >= 0.3 is 0 Å². The van der Waals surface area contributed by atoms with Crippen molar-refractivity contribution in [3.63, 3.8) is 0 Å². The van der Waals surface area contributed by atoms with Gasteiger partial charge < -0.3 is 10.3 Å². The Bertz CT molecular complexity index is 577. The van der Waals surface area contributed by atoms with Crippen LogP contribution >= 0.6 is 0 Å². The Balaban J connectivity index is 2.55. The number of hydrogen-bond acceptors (Lipinski definition) is 3. The molecule has 2 rings (SSSR count). The lowest BCUT2D eigenvalue weighted by molar-refractivity contribution is 0.273. The standard InChI is InChI=1S/C15H23FN4/c1-4-13(19(2)3)15-18-12-10-11(16)6-7-14(12)20(15)9-5-8-17/h6-7,10,13H,4-5,8-9,17H2,1-3H3. The molecule has 0 fully saturated rings. The van der Waals surface area contributed by atoms with Crippen molar-refractivity contribution in [2.24, 2.45) is 5.73 Å². The lowest BCUT2D eigenvalue weighted by Gasteiger charge is -2.23. The van der Waals surface area contributed by atoms with Crippen LogP contribution in [0.15, 0.2) is 18.2 Å². The van der Waals surface area contributed by atoms with Crippen molar-refractivity contribution in [1.82, 2.24) is 14.5 Å². The molecular formula is C15H23FN4. The van der Waals surface area contributed by atoms with Crippen molar-refractivity contribution < 1.29 is 4.39 Å². The number of nitrogens with two attached hydrogens (primary N) is 1. The first-order valence-corrected chi connectivity index (χ1v) is 7.10. The number of fused-ring (bicyclic) bond motifs is 1. The molecule has 2 N–H and O–H groups in total. The summed E-state index contributed by atoms with van der Waals surface area (Å²) in [5, 5.41) is 0. The Morgan fingerprint density at radius 1 is 1.40 bits per heavy atom. The van der Waals surface area contributed by atoms with Crippen LogP contribution in [0.4, 0.5) is 4.39 Å². The van der Waals surface area contributed by atoms with Crippen LogP contribution in [0.25, 0.3) is 11.0 Å². The van der Waals surface area contributed by atoms with Gasteiger partial charge in [0.15, 0.2) is 0 Å². The number of benzene rings is 1. The highest BCUT2D eigenvalue weighted by molar-refractivity contribution is 5.76. The Hall–Kier alpha value is -1.46. The second-order valence-electron chi connectivity index (χ2n) is 5.28. The quantitative estimate of drug-likeness (QED) is 0.883. The number of nitrogens with zero attached hydrogens (tertiary/aromatic N) is 3. The number of rotatable bonds is 6. The molecule has 0 aliphatic rings. The van der Waals surface area contributed by atoms with E-state index in [0.29, 0.717) is 6.54 Å². The molecule has 2 aromatic rings. The highest BCUT2D eigenvalue weighted by Crippen LogP contribution is 2.26. The van der Waals surface area contributed by atoms with E-state index < -0.39 is 0 Å². The van der Waals surface area contributed by atoms with E-state index in [1.165, 1.54) is 12.1 Å². The van der Waals surface area contributed by atoms with Gasteiger partial charge in [0.05, 0.1) is 17.1 Å². The maximum atomic E-state index is 13.4. The first-order chi connectivity index (χ1) is 9.58. The van der Waals surface area contributed by atoms with E-state index in [9.17, 15) is 4.39 Å². The van der Waals surface area contributed by atoms with Crippen LogP contribution in [-0.4, -0.2) is 35.1 Å². The van der Waals surface area contributed by atoms with E-state index in [4.69, 9.17) is 5.73 Å². The predicted octanol–water partition coefficient (Wildman–Crippen LogP) is 2.54. The van der Waals surface area contributed by atoms with Gasteiger partial charge in [0, 0.05) is 12.6 Å². The molecule has 0 radical (unpaired) electrons. The van der Waals surface area contributed by atoms with E-state index in [1.807, 2.05) is 14.1 Å². The zero-order valence-corrected chi connectivity index (χ0v) is 12.4. The average Bonchev–Trinajstić information content (AvgIpc) is 2.74. The predicted molar refractivity (Wildman–Crippen MR) is 80.1 cm³/mol. The highest BCUT2D eigenvalue weighted by atomic mass is 19.1. The van der Waals surface area contributed by atoms with Crippen LogP contribution < -0.4 is 5.73 Å². The van der Waals surface area contributed by atoms with Gasteiger partial charge in [0.2, 0.25) is 0 Å². The Kier molecular flexibility index (Phi) is 4.73. The second kappa shape index (κ2) is 6.33. The number of halogens is 1. The summed E-state index contributed by atoms with van der Waals surface area (Å²) in [7, 11) is 4.09. The summed E-state index contributed by atoms with van der Waals surface area (Å²) in [4.78, 5) is 6.81. The summed E-state index contributed by atoms with van der Waals surface area (Å²) in [6, 6.07) is 5.02. The summed E-state index contributed by atoms with van der Waals surface area (Å²) >= 11 is 0. The van der Waals surface area contributed by atoms with Crippen molar-refractivity contribution in [2.45, 2.75) is 32.4 Å². The molecule has 110 valence electrons. The van der Waals surface area contributed by atoms with Gasteiger partial charge in [-0.3, -0.25) is 4.90 Å². The van der Waals surface area contributed by atoms with Crippen molar-refractivity contribution in [3.8, 4) is 0 Å². The van der Waals surface area contributed by atoms with Crippen LogP contribution in [0.1, 0.15) is 31.6 Å². The molecule has 1 aromatic heterocycles. The lowest BCUT2D eigenvalue weighted by atomic mass is 10.2. The minimum Gasteiger partial charge on any atom is -0.330 e. The summed E-state index contributed by atoms with van der Waals surface area (Å²) in [6.07, 6.45) is 1.85. The van der Waals surface area contributed by atoms with Crippen LogP contribution in [0.2, 0.25) is 0 Å². The van der Waals surface area contributed by atoms with Crippen molar-refractivity contribution in [2.75, 3.05) is 20.6 Å². The molecule has 1 heterocycles. The van der Waals surface area contributed by atoms with Crippen LogP contribution in [0.3, 0.4) is 0 Å². The van der Waals surface area contributed by atoms with E-state index in [0.717, 1.165) is 36.2 Å². The summed E-state index contributed by atoms with van der Waals surface area (Å²) in [5.41, 5.74) is 7.33. The van der Waals surface area contributed by atoms with E-state index in [1.54, 1.807) is 6.07 Å². The molecule has 5 heteroatoms. The topological polar surface area (TPSA) is 47.1 Å². The molecule has 0 aliphatic carbocycles. The van der Waals surface area contributed by atoms with Gasteiger partial charge in [-0.25, -0.2) is 9.37 Å². The van der Waals surface area contributed by atoms with E-state index >= 15 is 0 Å². The third-order valence-electron chi connectivity index (χ3n) is 3.63. The average molecular weight is 278 g/mol. The zero-order chi connectivity index (χ0) is 14.7. The lowest BCUT2D eigenvalue weighted by Crippen LogP contribution is -2.23. The molecule has 1 atom stereocenters. The minimum absolute atomic E-state index is 0.225. The molecule has 0 amide bonds. The number of aromatic nitrogens is 2. The Morgan fingerprint density at radius 2 is 2.15 bits per heavy atom. The SMILES string of the molecule is CCC(c1nc2cc(F)ccc2n1CCCN)N(C)C. The molecule has 1 unspecified atom stereocenters. The molecule has 0 spiro atoms. The number of hydrogen-bond donors (Lipinski definition) is 1. The van der Waals surface area contributed by atoms with Crippen molar-refractivity contribution >= 4 is 11.0 Å². The molecule has 20 heavy (non-hydrogen) atoms. The van der Waals surface area contributed by atoms with E-state index in [2.05, 4.69) is 21.4 Å². The van der Waals surface area contributed by atoms with Gasteiger partial charge in [0.25, 0.3) is 0 Å². The maximum absolute atomic E-state index is 13.4. The highest BCUT2D eigenvalue weighted by Gasteiger charge is 2.20. The van der Waals surface area contributed by atoms with Crippen LogP contribution in [-0.2, 0) is 6.54 Å². The molecule has 1 aromatic carbocycles. The molecule has 0 bridgehead atoms. The normalized spacial score (nSPS) is 13.3.